The summed E-state index contributed by atoms with van der Waals surface area (Å²) < 4.78 is 0. The van der Waals surface area contributed by atoms with E-state index in [4.69, 9.17) is 16.7 Å². The summed E-state index contributed by atoms with van der Waals surface area (Å²) in [6.45, 7) is 0. The molecule has 4 heteroatoms. The van der Waals surface area contributed by atoms with Gasteiger partial charge in [0, 0.05) is 15.2 Å². The molecule has 2 aromatic rings. The average Bonchev–Trinajstić information content (AvgIpc) is 2.39. The highest BCUT2D eigenvalue weighted by Crippen LogP contribution is 2.37. The Labute approximate surface area is 121 Å². The Bertz CT molecular complexity index is 540. The molecule has 2 nitrogen and oxygen atoms in total. The molecule has 0 amide bonds. The molecule has 0 saturated heterocycles. The van der Waals surface area contributed by atoms with E-state index >= 15 is 0 Å². The van der Waals surface area contributed by atoms with E-state index in [0.29, 0.717) is 5.02 Å². The number of carbonyl (C=O) groups is 1. The first-order valence-electron chi connectivity index (χ1n) is 5.84. The second kappa shape index (κ2) is 6.64. The Balaban J connectivity index is 2.20. The number of benzene rings is 2. The van der Waals surface area contributed by atoms with E-state index in [-0.39, 0.29) is 11.7 Å². The standard InChI is InChI=1S/C15H13ClO2S/c16-12-8-6-11(7-9-12)14(10-15(17)18)19-13-4-2-1-3-5-13/h1-9,14H,10H2,(H,17,18). The smallest absolute Gasteiger partial charge is 0.304 e. The Hall–Kier alpha value is -1.45. The third kappa shape index (κ3) is 4.30. The van der Waals surface area contributed by atoms with Gasteiger partial charge in [-0.2, -0.15) is 0 Å². The van der Waals surface area contributed by atoms with Gasteiger partial charge in [-0.15, -0.1) is 11.8 Å². The topological polar surface area (TPSA) is 37.3 Å². The first-order valence-corrected chi connectivity index (χ1v) is 7.10. The van der Waals surface area contributed by atoms with Crippen molar-refractivity contribution < 1.29 is 9.90 Å². The number of aliphatic carboxylic acids is 1. The minimum atomic E-state index is -0.802. The quantitative estimate of drug-likeness (QED) is 0.815. The minimum Gasteiger partial charge on any atom is -0.481 e. The second-order valence-corrected chi connectivity index (χ2v) is 5.78. The zero-order valence-corrected chi connectivity index (χ0v) is 11.7. The largest absolute Gasteiger partial charge is 0.481 e. The van der Waals surface area contributed by atoms with Gasteiger partial charge in [-0.05, 0) is 29.8 Å². The molecule has 0 aliphatic carbocycles. The number of thioether (sulfide) groups is 1. The maximum atomic E-state index is 11.0. The molecule has 0 aliphatic heterocycles. The van der Waals surface area contributed by atoms with Crippen LogP contribution < -0.4 is 0 Å². The third-order valence-electron chi connectivity index (χ3n) is 2.62. The highest BCUT2D eigenvalue weighted by molar-refractivity contribution is 7.99. The first kappa shape index (κ1) is 14.0. The molecule has 0 aliphatic rings. The van der Waals surface area contributed by atoms with Crippen molar-refractivity contribution in [3.8, 4) is 0 Å². The molecule has 1 unspecified atom stereocenters. The SMILES string of the molecule is O=C(O)CC(Sc1ccccc1)c1ccc(Cl)cc1. The summed E-state index contributed by atoms with van der Waals surface area (Å²) in [6, 6.07) is 17.1. The Morgan fingerprint density at radius 3 is 2.32 bits per heavy atom. The molecule has 0 fully saturated rings. The zero-order valence-electron chi connectivity index (χ0n) is 10.1. The number of halogens is 1. The molecule has 0 bridgehead atoms. The zero-order chi connectivity index (χ0) is 13.7. The molecule has 0 spiro atoms. The van der Waals surface area contributed by atoms with Gasteiger partial charge in [0.1, 0.15) is 0 Å². The highest BCUT2D eigenvalue weighted by atomic mass is 35.5. The lowest BCUT2D eigenvalue weighted by Crippen LogP contribution is -2.03. The number of hydrogen-bond acceptors (Lipinski definition) is 2. The normalized spacial score (nSPS) is 12.1. The van der Waals surface area contributed by atoms with Crippen molar-refractivity contribution in [2.45, 2.75) is 16.6 Å². The van der Waals surface area contributed by atoms with E-state index in [1.165, 1.54) is 0 Å². The van der Waals surface area contributed by atoms with Crippen molar-refractivity contribution in [2.75, 3.05) is 0 Å². The van der Waals surface area contributed by atoms with E-state index in [1.54, 1.807) is 23.9 Å². The van der Waals surface area contributed by atoms with E-state index in [1.807, 2.05) is 42.5 Å². The maximum absolute atomic E-state index is 11.0. The van der Waals surface area contributed by atoms with Gasteiger partial charge in [-0.25, -0.2) is 0 Å². The number of carboxylic acids is 1. The van der Waals surface area contributed by atoms with Crippen LogP contribution in [-0.2, 0) is 4.79 Å². The van der Waals surface area contributed by atoms with Crippen LogP contribution in [0.4, 0.5) is 0 Å². The summed E-state index contributed by atoms with van der Waals surface area (Å²) in [5.74, 6) is -0.802. The third-order valence-corrected chi connectivity index (χ3v) is 4.14. The number of hydrogen-bond donors (Lipinski definition) is 1. The molecule has 1 atom stereocenters. The summed E-state index contributed by atoms with van der Waals surface area (Å²) in [5, 5.41) is 9.58. The summed E-state index contributed by atoms with van der Waals surface area (Å²) in [4.78, 5) is 12.1. The fraction of sp³-hybridized carbons (Fsp3) is 0.133. The molecule has 19 heavy (non-hydrogen) atoms. The Kier molecular flexibility index (Phi) is 4.88. The molecular formula is C15H13ClO2S. The lowest BCUT2D eigenvalue weighted by atomic mass is 10.1. The van der Waals surface area contributed by atoms with Crippen LogP contribution in [0.25, 0.3) is 0 Å². The van der Waals surface area contributed by atoms with Gasteiger partial charge in [-0.1, -0.05) is 41.9 Å². The van der Waals surface area contributed by atoms with Crippen LogP contribution in [0.5, 0.6) is 0 Å². The monoisotopic (exact) mass is 292 g/mol. The van der Waals surface area contributed by atoms with Crippen molar-refractivity contribution in [2.24, 2.45) is 0 Å². The van der Waals surface area contributed by atoms with Crippen molar-refractivity contribution in [1.82, 2.24) is 0 Å². The van der Waals surface area contributed by atoms with Gasteiger partial charge in [0.05, 0.1) is 6.42 Å². The van der Waals surface area contributed by atoms with Gasteiger partial charge >= 0.3 is 5.97 Å². The van der Waals surface area contributed by atoms with Crippen molar-refractivity contribution in [3.05, 3.63) is 65.2 Å². The van der Waals surface area contributed by atoms with Gasteiger partial charge < -0.3 is 5.11 Å². The van der Waals surface area contributed by atoms with Crippen LogP contribution in [0, 0.1) is 0 Å². The van der Waals surface area contributed by atoms with Gasteiger partial charge in [0.25, 0.3) is 0 Å². The minimum absolute atomic E-state index is 0.0845. The molecule has 2 aromatic carbocycles. The van der Waals surface area contributed by atoms with E-state index in [0.717, 1.165) is 10.5 Å². The molecule has 98 valence electrons. The van der Waals surface area contributed by atoms with E-state index < -0.39 is 5.97 Å². The average molecular weight is 293 g/mol. The second-order valence-electron chi connectivity index (χ2n) is 4.07. The Morgan fingerprint density at radius 1 is 1.11 bits per heavy atom. The highest BCUT2D eigenvalue weighted by Gasteiger charge is 2.16. The van der Waals surface area contributed by atoms with Gasteiger partial charge in [0.2, 0.25) is 0 Å². The van der Waals surface area contributed by atoms with Crippen LogP contribution in [0.3, 0.4) is 0 Å². The maximum Gasteiger partial charge on any atom is 0.304 e. The molecule has 1 N–H and O–H groups in total. The lowest BCUT2D eigenvalue weighted by molar-refractivity contribution is -0.137. The number of rotatable bonds is 5. The summed E-state index contributed by atoms with van der Waals surface area (Å²) in [5.41, 5.74) is 0.973. The summed E-state index contributed by atoms with van der Waals surface area (Å²) in [7, 11) is 0. The molecule has 0 radical (unpaired) electrons. The number of carboxylic acid groups (broad SMARTS) is 1. The summed E-state index contributed by atoms with van der Waals surface area (Å²) >= 11 is 7.41. The Morgan fingerprint density at radius 2 is 1.74 bits per heavy atom. The van der Waals surface area contributed by atoms with Crippen LogP contribution in [0.15, 0.2) is 59.5 Å². The molecule has 0 saturated carbocycles. The van der Waals surface area contributed by atoms with Crippen molar-refractivity contribution in [3.63, 3.8) is 0 Å². The van der Waals surface area contributed by atoms with E-state index in [9.17, 15) is 4.79 Å². The van der Waals surface area contributed by atoms with Crippen molar-refractivity contribution >= 4 is 29.3 Å². The molecular weight excluding hydrogens is 280 g/mol. The summed E-state index contributed by atoms with van der Waals surface area (Å²) in [6.07, 6.45) is 0.0845. The fourth-order valence-electron chi connectivity index (χ4n) is 1.73. The first-order chi connectivity index (χ1) is 9.15. The molecule has 0 heterocycles. The van der Waals surface area contributed by atoms with Crippen LogP contribution in [0.2, 0.25) is 5.02 Å². The lowest BCUT2D eigenvalue weighted by Gasteiger charge is -2.15. The van der Waals surface area contributed by atoms with Crippen LogP contribution in [0.1, 0.15) is 17.2 Å². The van der Waals surface area contributed by atoms with Gasteiger partial charge in [0.15, 0.2) is 0 Å². The predicted octanol–water partition coefficient (Wildman–Crippen LogP) is 4.65. The predicted molar refractivity (Wildman–Crippen MR) is 78.7 cm³/mol. The van der Waals surface area contributed by atoms with Crippen LogP contribution >= 0.6 is 23.4 Å². The van der Waals surface area contributed by atoms with Crippen molar-refractivity contribution in [1.29, 1.82) is 0 Å². The van der Waals surface area contributed by atoms with Crippen LogP contribution in [-0.4, -0.2) is 11.1 Å². The van der Waals surface area contributed by atoms with E-state index in [2.05, 4.69) is 0 Å². The molecule has 2 rings (SSSR count). The molecule has 0 aromatic heterocycles. The fourth-order valence-corrected chi connectivity index (χ4v) is 3.01. The van der Waals surface area contributed by atoms with Gasteiger partial charge in [-0.3, -0.25) is 4.79 Å².